The van der Waals surface area contributed by atoms with Crippen LogP contribution in [-0.2, 0) is 13.2 Å². The van der Waals surface area contributed by atoms with Crippen molar-refractivity contribution in [1.82, 2.24) is 5.43 Å². The lowest BCUT2D eigenvalue weighted by Gasteiger charge is -2.16. The average Bonchev–Trinajstić information content (AvgIpc) is 3.00. The summed E-state index contributed by atoms with van der Waals surface area (Å²) in [4.78, 5) is 22.7. The fourth-order valence-electron chi connectivity index (χ4n) is 3.87. The lowest BCUT2D eigenvalue weighted by molar-refractivity contribution is -0.384. The van der Waals surface area contributed by atoms with Crippen molar-refractivity contribution >= 4 is 29.4 Å². The Kier molecular flexibility index (Phi) is 10.3. The van der Waals surface area contributed by atoms with Crippen molar-refractivity contribution in [2.75, 3.05) is 13.7 Å². The highest BCUT2D eigenvalue weighted by Gasteiger charge is 2.14. The fourth-order valence-corrected chi connectivity index (χ4v) is 4.14. The SMILES string of the molecule is CCOc1cc(COc2c(Cl)cc(/C=N/NC(=O)c3cccc([N+](=O)[O-])c3)cc2OC)ccc1OCc1ccccc1. The highest BCUT2D eigenvalue weighted by atomic mass is 35.5. The lowest BCUT2D eigenvalue weighted by atomic mass is 10.2. The third-order valence-electron chi connectivity index (χ3n) is 5.88. The van der Waals surface area contributed by atoms with Crippen LogP contribution in [-0.4, -0.2) is 30.8 Å². The van der Waals surface area contributed by atoms with Gasteiger partial charge in [0, 0.05) is 17.7 Å². The summed E-state index contributed by atoms with van der Waals surface area (Å²) in [7, 11) is 1.48. The van der Waals surface area contributed by atoms with Gasteiger partial charge in [-0.05, 0) is 53.9 Å². The largest absolute Gasteiger partial charge is 0.493 e. The second kappa shape index (κ2) is 14.5. The third kappa shape index (κ3) is 7.98. The van der Waals surface area contributed by atoms with Crippen LogP contribution in [0.25, 0.3) is 0 Å². The molecule has 0 radical (unpaired) electrons. The van der Waals surface area contributed by atoms with Gasteiger partial charge in [-0.2, -0.15) is 5.10 Å². The number of hydrazone groups is 1. The maximum Gasteiger partial charge on any atom is 0.271 e. The number of nitro benzene ring substituents is 1. The van der Waals surface area contributed by atoms with E-state index in [2.05, 4.69) is 10.5 Å². The van der Waals surface area contributed by atoms with E-state index in [1.807, 2.05) is 55.5 Å². The molecule has 0 spiro atoms. The molecule has 0 aliphatic heterocycles. The molecule has 0 aliphatic carbocycles. The number of nitrogens with zero attached hydrogens (tertiary/aromatic N) is 2. The number of amides is 1. The Hall–Kier alpha value is -5.09. The van der Waals surface area contributed by atoms with Crippen LogP contribution in [0, 0.1) is 10.1 Å². The molecule has 0 heterocycles. The Morgan fingerprint density at radius 1 is 0.905 bits per heavy atom. The fraction of sp³-hybridized carbons (Fsp3) is 0.161. The maximum atomic E-state index is 12.3. The second-order valence-electron chi connectivity index (χ2n) is 8.82. The molecule has 0 fully saturated rings. The number of ether oxygens (including phenoxy) is 4. The molecule has 11 heteroatoms. The number of benzene rings is 4. The van der Waals surface area contributed by atoms with Crippen LogP contribution in [0.4, 0.5) is 5.69 Å². The van der Waals surface area contributed by atoms with Gasteiger partial charge in [0.15, 0.2) is 23.0 Å². The predicted molar refractivity (Wildman–Crippen MR) is 159 cm³/mol. The van der Waals surface area contributed by atoms with Crippen molar-refractivity contribution in [2.24, 2.45) is 5.10 Å². The van der Waals surface area contributed by atoms with Crippen LogP contribution in [0.3, 0.4) is 0 Å². The number of hydrogen-bond donors (Lipinski definition) is 1. The molecule has 0 aliphatic rings. The molecular formula is C31H28ClN3O7. The first-order valence-electron chi connectivity index (χ1n) is 12.9. The van der Waals surface area contributed by atoms with Crippen LogP contribution >= 0.6 is 11.6 Å². The van der Waals surface area contributed by atoms with Crippen LogP contribution < -0.4 is 24.4 Å². The summed E-state index contributed by atoms with van der Waals surface area (Å²) in [5, 5.41) is 15.1. The Morgan fingerprint density at radius 3 is 2.43 bits per heavy atom. The zero-order valence-electron chi connectivity index (χ0n) is 22.9. The Bertz CT molecular complexity index is 1580. The van der Waals surface area contributed by atoms with Gasteiger partial charge in [-0.1, -0.05) is 54.1 Å². The summed E-state index contributed by atoms with van der Waals surface area (Å²) in [6.07, 6.45) is 1.37. The number of nitrogens with one attached hydrogen (secondary N) is 1. The standard InChI is InChI=1S/C31H28ClN3O7/c1-3-40-28-15-22(12-13-27(28)41-19-21-8-5-4-6-9-21)20-42-30-26(32)14-23(16-29(30)39-2)18-33-34-31(36)24-10-7-11-25(17-24)35(37)38/h4-18H,3,19-20H2,1-2H3,(H,34,36)/b33-18+. The number of non-ortho nitro benzene ring substituents is 1. The average molecular weight is 590 g/mol. The van der Waals surface area contributed by atoms with Crippen molar-refractivity contribution in [3.8, 4) is 23.0 Å². The second-order valence-corrected chi connectivity index (χ2v) is 9.22. The van der Waals surface area contributed by atoms with Crippen LogP contribution in [0.15, 0.2) is 90.0 Å². The van der Waals surface area contributed by atoms with Crippen molar-refractivity contribution in [3.05, 3.63) is 122 Å². The number of carbonyl (C=O) groups is 1. The van der Waals surface area contributed by atoms with Crippen molar-refractivity contribution < 1.29 is 28.7 Å². The smallest absolute Gasteiger partial charge is 0.271 e. The minimum Gasteiger partial charge on any atom is -0.493 e. The van der Waals surface area contributed by atoms with E-state index >= 15 is 0 Å². The van der Waals surface area contributed by atoms with E-state index in [9.17, 15) is 14.9 Å². The first kappa shape index (κ1) is 29.9. The Balaban J connectivity index is 1.41. The molecule has 1 amide bonds. The summed E-state index contributed by atoms with van der Waals surface area (Å²) >= 11 is 6.51. The summed E-state index contributed by atoms with van der Waals surface area (Å²) in [6.45, 7) is 2.97. The van der Waals surface area contributed by atoms with Gasteiger partial charge >= 0.3 is 0 Å². The first-order chi connectivity index (χ1) is 20.4. The van der Waals surface area contributed by atoms with Crippen molar-refractivity contribution in [2.45, 2.75) is 20.1 Å². The molecular weight excluding hydrogens is 562 g/mol. The number of carbonyl (C=O) groups excluding carboxylic acids is 1. The van der Waals surface area contributed by atoms with Crippen molar-refractivity contribution in [1.29, 1.82) is 0 Å². The highest BCUT2D eigenvalue weighted by molar-refractivity contribution is 6.32. The molecule has 216 valence electrons. The van der Waals surface area contributed by atoms with Crippen LogP contribution in [0.5, 0.6) is 23.0 Å². The van der Waals surface area contributed by atoms with Gasteiger partial charge in [0.25, 0.3) is 11.6 Å². The highest BCUT2D eigenvalue weighted by Crippen LogP contribution is 2.37. The van der Waals surface area contributed by atoms with Crippen LogP contribution in [0.1, 0.15) is 34.0 Å². The van der Waals surface area contributed by atoms with E-state index in [0.717, 1.165) is 11.1 Å². The van der Waals surface area contributed by atoms with E-state index in [0.29, 0.717) is 41.8 Å². The van der Waals surface area contributed by atoms with Gasteiger partial charge < -0.3 is 18.9 Å². The molecule has 1 N–H and O–H groups in total. The molecule has 42 heavy (non-hydrogen) atoms. The zero-order chi connectivity index (χ0) is 29.9. The summed E-state index contributed by atoms with van der Waals surface area (Å²) in [5.74, 6) is 1.32. The number of rotatable bonds is 13. The number of hydrogen-bond acceptors (Lipinski definition) is 8. The van der Waals surface area contributed by atoms with Gasteiger partial charge in [0.1, 0.15) is 13.2 Å². The van der Waals surface area contributed by atoms with E-state index in [-0.39, 0.29) is 22.9 Å². The van der Waals surface area contributed by atoms with Crippen molar-refractivity contribution in [3.63, 3.8) is 0 Å². The molecule has 0 saturated heterocycles. The minimum atomic E-state index is -0.601. The predicted octanol–water partition coefficient (Wildman–Crippen LogP) is 6.58. The molecule has 0 aromatic heterocycles. The Morgan fingerprint density at radius 2 is 1.69 bits per heavy atom. The quantitative estimate of drug-likeness (QED) is 0.106. The molecule has 0 unspecified atom stereocenters. The molecule has 0 bridgehead atoms. The van der Waals surface area contributed by atoms with E-state index in [1.165, 1.54) is 37.6 Å². The number of halogens is 1. The summed E-state index contributed by atoms with van der Waals surface area (Å²) in [6, 6.07) is 24.0. The van der Waals surface area contributed by atoms with E-state index < -0.39 is 10.8 Å². The summed E-state index contributed by atoms with van der Waals surface area (Å²) in [5.41, 5.74) is 4.66. The Labute approximate surface area is 247 Å². The monoisotopic (exact) mass is 589 g/mol. The minimum absolute atomic E-state index is 0.101. The summed E-state index contributed by atoms with van der Waals surface area (Å²) < 4.78 is 23.3. The van der Waals surface area contributed by atoms with Crippen LogP contribution in [0.2, 0.25) is 5.02 Å². The number of methoxy groups -OCH3 is 1. The van der Waals surface area contributed by atoms with E-state index in [4.69, 9.17) is 30.5 Å². The van der Waals surface area contributed by atoms with Gasteiger partial charge in [-0.25, -0.2) is 5.43 Å². The molecule has 0 saturated carbocycles. The van der Waals surface area contributed by atoms with E-state index in [1.54, 1.807) is 12.1 Å². The molecule has 4 aromatic rings. The number of nitro groups is 1. The van der Waals surface area contributed by atoms with Gasteiger partial charge in [-0.15, -0.1) is 0 Å². The molecule has 0 atom stereocenters. The maximum absolute atomic E-state index is 12.3. The lowest BCUT2D eigenvalue weighted by Crippen LogP contribution is -2.17. The molecule has 4 rings (SSSR count). The molecule has 10 nitrogen and oxygen atoms in total. The molecule has 4 aromatic carbocycles. The topological polar surface area (TPSA) is 122 Å². The zero-order valence-corrected chi connectivity index (χ0v) is 23.7. The van der Waals surface area contributed by atoms with Gasteiger partial charge in [0.05, 0.1) is 29.9 Å². The van der Waals surface area contributed by atoms with Gasteiger partial charge in [0.2, 0.25) is 0 Å². The first-order valence-corrected chi connectivity index (χ1v) is 13.3. The van der Waals surface area contributed by atoms with Gasteiger partial charge in [-0.3, -0.25) is 14.9 Å². The third-order valence-corrected chi connectivity index (χ3v) is 6.16. The normalized spacial score (nSPS) is 10.7.